The monoisotopic (exact) mass is 531 g/mol. The van der Waals surface area contributed by atoms with Crippen LogP contribution in [-0.4, -0.2) is 51.0 Å². The van der Waals surface area contributed by atoms with Crippen LogP contribution in [0.4, 0.5) is 16.3 Å². The molecule has 0 saturated carbocycles. The number of likely N-dealkylation sites (tertiary alicyclic amines) is 1. The van der Waals surface area contributed by atoms with Gasteiger partial charge in [0.2, 0.25) is 0 Å². The number of nitriles is 1. The molecule has 2 aliphatic heterocycles. The fraction of sp³-hybridized carbons (Fsp3) is 0.517. The predicted molar refractivity (Wildman–Crippen MR) is 150 cm³/mol. The van der Waals surface area contributed by atoms with Crippen molar-refractivity contribution in [3.05, 3.63) is 52.4 Å². The number of rotatable bonds is 5. The second-order valence-corrected chi connectivity index (χ2v) is 11.9. The molecule has 10 heteroatoms. The molecule has 0 aliphatic carbocycles. The average Bonchev–Trinajstić information content (AvgIpc) is 3.50. The molecule has 10 nitrogen and oxygen atoms in total. The summed E-state index contributed by atoms with van der Waals surface area (Å²) in [5.41, 5.74) is 1.18. The summed E-state index contributed by atoms with van der Waals surface area (Å²) in [7, 11) is 0. The van der Waals surface area contributed by atoms with E-state index in [4.69, 9.17) is 9.84 Å². The third-order valence-corrected chi connectivity index (χ3v) is 7.96. The Morgan fingerprint density at radius 3 is 2.51 bits per heavy atom. The number of anilines is 2. The molecule has 39 heavy (non-hydrogen) atoms. The van der Waals surface area contributed by atoms with Crippen molar-refractivity contribution in [1.82, 2.24) is 25.0 Å². The van der Waals surface area contributed by atoms with Gasteiger partial charge in [-0.05, 0) is 83.7 Å². The zero-order chi connectivity index (χ0) is 27.8. The highest BCUT2D eigenvalue weighted by atomic mass is 16.6. The van der Waals surface area contributed by atoms with Gasteiger partial charge in [0.25, 0.3) is 5.56 Å². The van der Waals surface area contributed by atoms with Crippen LogP contribution in [-0.2, 0) is 15.8 Å². The summed E-state index contributed by atoms with van der Waals surface area (Å²) in [5.74, 6) is 0.441. The van der Waals surface area contributed by atoms with Crippen LogP contribution in [0.3, 0.4) is 0 Å². The summed E-state index contributed by atoms with van der Waals surface area (Å²) in [6.07, 6.45) is 4.73. The largest absolute Gasteiger partial charge is 0.444 e. The highest BCUT2D eigenvalue weighted by Crippen LogP contribution is 2.38. The summed E-state index contributed by atoms with van der Waals surface area (Å²) >= 11 is 0. The minimum absolute atomic E-state index is 0.0260. The van der Waals surface area contributed by atoms with E-state index in [9.17, 15) is 14.9 Å². The zero-order valence-electron chi connectivity index (χ0n) is 23.1. The van der Waals surface area contributed by atoms with Crippen LogP contribution >= 0.6 is 0 Å². The van der Waals surface area contributed by atoms with Crippen LogP contribution in [0.1, 0.15) is 65.4 Å². The molecule has 3 aromatic rings. The lowest BCUT2D eigenvalue weighted by atomic mass is 9.85. The van der Waals surface area contributed by atoms with Gasteiger partial charge in [0.1, 0.15) is 11.0 Å². The Morgan fingerprint density at radius 1 is 1.18 bits per heavy atom. The Morgan fingerprint density at radius 2 is 1.90 bits per heavy atom. The van der Waals surface area contributed by atoms with E-state index in [-0.39, 0.29) is 23.6 Å². The molecule has 2 fully saturated rings. The van der Waals surface area contributed by atoms with Gasteiger partial charge in [-0.2, -0.15) is 10.4 Å². The van der Waals surface area contributed by atoms with Crippen LogP contribution in [0.2, 0.25) is 0 Å². The van der Waals surface area contributed by atoms with Gasteiger partial charge in [-0.15, -0.1) is 0 Å². The molecule has 206 valence electrons. The number of carbonyl (C=O) groups excluding carboxylic acids is 1. The second kappa shape index (κ2) is 10.0. The molecule has 4 heterocycles. The van der Waals surface area contributed by atoms with Crippen LogP contribution in [0.5, 0.6) is 0 Å². The van der Waals surface area contributed by atoms with Crippen molar-refractivity contribution in [3.8, 4) is 6.07 Å². The maximum absolute atomic E-state index is 13.0. The molecule has 0 radical (unpaired) electrons. The number of fused-ring (bicyclic) bond motifs is 1. The number of aromatic amines is 1. The summed E-state index contributed by atoms with van der Waals surface area (Å²) in [4.78, 5) is 30.1. The number of hydrogen-bond acceptors (Lipinski definition) is 7. The smallest absolute Gasteiger partial charge is 0.410 e. The fourth-order valence-corrected chi connectivity index (χ4v) is 5.77. The van der Waals surface area contributed by atoms with Crippen molar-refractivity contribution in [3.63, 3.8) is 0 Å². The Balaban J connectivity index is 1.45. The minimum atomic E-state index is -0.661. The first kappa shape index (κ1) is 26.8. The maximum Gasteiger partial charge on any atom is 0.410 e. The lowest BCUT2D eigenvalue weighted by molar-refractivity contribution is 0.0110. The number of nitrogens with zero attached hydrogens (tertiary/aromatic N) is 4. The number of carbonyl (C=O) groups is 1. The lowest BCUT2D eigenvalue weighted by Gasteiger charge is -2.41. The maximum atomic E-state index is 13.0. The molecule has 1 aromatic carbocycles. The van der Waals surface area contributed by atoms with Crippen LogP contribution in [0.25, 0.3) is 10.9 Å². The number of ether oxygens (including phenoxy) is 1. The highest BCUT2D eigenvalue weighted by Gasteiger charge is 2.41. The Bertz CT molecular complexity index is 1450. The molecule has 1 atom stereocenters. The standard InChI is InChI=1S/C29H37N7O3/c1-27(2,3)39-26(38)35-18-13-29(12-15-30,14-19-35)36-22-10-17-31-25(37)23(22)24(34-36)33-21-8-6-20(7-9-21)28(4)11-5-16-32-28/h6-10,17,32H,5,11-14,16,18-19H2,1-4H3,(H,31,37)(H,33,34)/t28-/m1/s1. The van der Waals surface area contributed by atoms with Crippen molar-refractivity contribution in [2.24, 2.45) is 0 Å². The summed E-state index contributed by atoms with van der Waals surface area (Å²) in [5, 5.41) is 22.1. The first-order chi connectivity index (χ1) is 18.5. The number of amides is 1. The molecule has 2 aromatic heterocycles. The topological polar surface area (TPSA) is 128 Å². The number of nitrogens with one attached hydrogen (secondary N) is 3. The van der Waals surface area contributed by atoms with Gasteiger partial charge < -0.3 is 25.3 Å². The summed E-state index contributed by atoms with van der Waals surface area (Å²) in [6.45, 7) is 9.63. The molecule has 0 bridgehead atoms. The zero-order valence-corrected chi connectivity index (χ0v) is 23.1. The van der Waals surface area contributed by atoms with Crippen LogP contribution in [0.15, 0.2) is 41.3 Å². The number of aromatic nitrogens is 3. The molecule has 0 spiro atoms. The van der Waals surface area contributed by atoms with Gasteiger partial charge in [-0.1, -0.05) is 12.1 Å². The third-order valence-electron chi connectivity index (χ3n) is 7.96. The number of piperidine rings is 1. The minimum Gasteiger partial charge on any atom is -0.444 e. The van der Waals surface area contributed by atoms with Gasteiger partial charge in [-0.25, -0.2) is 4.79 Å². The molecule has 5 rings (SSSR count). The highest BCUT2D eigenvalue weighted by molar-refractivity contribution is 5.91. The SMILES string of the molecule is CC(C)(C)OC(=O)N1CCC(CC#N)(n2nc(Nc3ccc([C@@]4(C)CCCN4)cc3)c3c(=O)[nH]ccc32)CC1. The normalized spacial score (nSPS) is 21.1. The number of benzene rings is 1. The third kappa shape index (κ3) is 5.23. The predicted octanol–water partition coefficient (Wildman–Crippen LogP) is 4.71. The molecule has 1 amide bonds. The molecular weight excluding hydrogens is 494 g/mol. The van der Waals surface area contributed by atoms with Crippen molar-refractivity contribution < 1.29 is 9.53 Å². The van der Waals surface area contributed by atoms with E-state index >= 15 is 0 Å². The van der Waals surface area contributed by atoms with E-state index in [2.05, 4.69) is 40.7 Å². The van der Waals surface area contributed by atoms with E-state index in [1.165, 1.54) is 5.56 Å². The Labute approximate surface area is 228 Å². The Hall–Kier alpha value is -3.84. The fourth-order valence-electron chi connectivity index (χ4n) is 5.77. The van der Waals surface area contributed by atoms with Crippen LogP contribution < -0.4 is 16.2 Å². The molecular formula is C29H37N7O3. The number of hydrogen-bond donors (Lipinski definition) is 3. The molecule has 0 unspecified atom stereocenters. The van der Waals surface area contributed by atoms with Gasteiger partial charge in [-0.3, -0.25) is 9.48 Å². The van der Waals surface area contributed by atoms with Gasteiger partial charge in [0, 0.05) is 30.5 Å². The number of H-pyrrole nitrogens is 1. The quantitative estimate of drug-likeness (QED) is 0.435. The van der Waals surface area contributed by atoms with E-state index in [1.54, 1.807) is 11.1 Å². The van der Waals surface area contributed by atoms with Crippen molar-refractivity contribution in [2.45, 2.75) is 76.5 Å². The second-order valence-electron chi connectivity index (χ2n) is 11.9. The molecule has 2 saturated heterocycles. The van der Waals surface area contributed by atoms with Crippen molar-refractivity contribution in [1.29, 1.82) is 5.26 Å². The van der Waals surface area contributed by atoms with E-state index < -0.39 is 11.1 Å². The summed E-state index contributed by atoms with van der Waals surface area (Å²) in [6, 6.07) is 12.4. The van der Waals surface area contributed by atoms with Gasteiger partial charge in [0.15, 0.2) is 5.82 Å². The van der Waals surface area contributed by atoms with E-state index in [1.807, 2.05) is 43.7 Å². The van der Waals surface area contributed by atoms with Gasteiger partial charge >= 0.3 is 6.09 Å². The van der Waals surface area contributed by atoms with Crippen molar-refractivity contribution in [2.75, 3.05) is 25.0 Å². The lowest BCUT2D eigenvalue weighted by Crippen LogP contribution is -2.49. The first-order valence-corrected chi connectivity index (χ1v) is 13.6. The van der Waals surface area contributed by atoms with Crippen LogP contribution in [0, 0.1) is 11.3 Å². The molecule has 2 aliphatic rings. The Kier molecular flexibility index (Phi) is 6.89. The summed E-state index contributed by atoms with van der Waals surface area (Å²) < 4.78 is 7.38. The van der Waals surface area contributed by atoms with Gasteiger partial charge in [0.05, 0.1) is 23.5 Å². The first-order valence-electron chi connectivity index (χ1n) is 13.6. The molecule has 3 N–H and O–H groups in total. The number of pyridine rings is 1. The van der Waals surface area contributed by atoms with Crippen molar-refractivity contribution >= 4 is 28.5 Å². The van der Waals surface area contributed by atoms with E-state index in [0.717, 1.165) is 25.1 Å². The average molecular weight is 532 g/mol. The van der Waals surface area contributed by atoms with E-state index in [0.29, 0.717) is 42.7 Å².